The van der Waals surface area contributed by atoms with Crippen LogP contribution in [0.1, 0.15) is 50.2 Å². The number of benzene rings is 1. The van der Waals surface area contributed by atoms with E-state index in [4.69, 9.17) is 5.73 Å². The molecule has 0 saturated carbocycles. The van der Waals surface area contributed by atoms with Gasteiger partial charge in [0.25, 0.3) is 0 Å². The minimum absolute atomic E-state index is 0.644. The Morgan fingerprint density at radius 2 is 1.80 bits per heavy atom. The van der Waals surface area contributed by atoms with E-state index in [1.165, 1.54) is 30.4 Å². The normalized spacial score (nSPS) is 12.7. The second kappa shape index (κ2) is 6.62. The third kappa shape index (κ3) is 3.67. The van der Waals surface area contributed by atoms with Gasteiger partial charge < -0.3 is 5.73 Å². The second-order valence-electron chi connectivity index (χ2n) is 4.17. The van der Waals surface area contributed by atoms with Gasteiger partial charge in [0.1, 0.15) is 0 Å². The van der Waals surface area contributed by atoms with Crippen molar-refractivity contribution in [1.29, 1.82) is 0 Å². The minimum Gasteiger partial charge on any atom is -0.330 e. The van der Waals surface area contributed by atoms with Gasteiger partial charge in [-0.1, -0.05) is 44.5 Å². The molecule has 1 nitrogen and oxygen atoms in total. The Labute approximate surface area is 93.7 Å². The summed E-state index contributed by atoms with van der Waals surface area (Å²) in [5.41, 5.74) is 8.51. The lowest BCUT2D eigenvalue weighted by molar-refractivity contribution is 0.614. The van der Waals surface area contributed by atoms with Crippen LogP contribution in [0, 0.1) is 0 Å². The third-order valence-corrected chi connectivity index (χ3v) is 3.00. The van der Waals surface area contributed by atoms with Crippen molar-refractivity contribution >= 4 is 0 Å². The van der Waals surface area contributed by atoms with Crippen LogP contribution in [0.25, 0.3) is 0 Å². The summed E-state index contributed by atoms with van der Waals surface area (Å²) < 4.78 is 0. The molecule has 1 aromatic rings. The Morgan fingerprint density at radius 1 is 1.13 bits per heavy atom. The van der Waals surface area contributed by atoms with Crippen molar-refractivity contribution < 1.29 is 0 Å². The summed E-state index contributed by atoms with van der Waals surface area (Å²) in [6.45, 7) is 5.24. The highest BCUT2D eigenvalue weighted by Gasteiger charge is 2.07. The molecule has 0 amide bonds. The number of hydrogen-bond donors (Lipinski definition) is 1. The standard InChI is InChI=1S/C14H23N/c1-3-5-12-6-8-14(9-7-12)13(4-2)10-11-15/h6-9,13H,3-5,10-11,15H2,1-2H3. The van der Waals surface area contributed by atoms with Gasteiger partial charge in [0.05, 0.1) is 0 Å². The molecule has 0 aliphatic heterocycles. The smallest absolute Gasteiger partial charge is 0.00714 e. The van der Waals surface area contributed by atoms with Crippen LogP contribution in [0.3, 0.4) is 0 Å². The van der Waals surface area contributed by atoms with E-state index in [0.29, 0.717) is 5.92 Å². The first-order valence-electron chi connectivity index (χ1n) is 6.10. The van der Waals surface area contributed by atoms with Crippen molar-refractivity contribution in [3.63, 3.8) is 0 Å². The van der Waals surface area contributed by atoms with Gasteiger partial charge in [0, 0.05) is 0 Å². The van der Waals surface area contributed by atoms with E-state index in [-0.39, 0.29) is 0 Å². The zero-order valence-corrected chi connectivity index (χ0v) is 10.00. The highest BCUT2D eigenvalue weighted by Crippen LogP contribution is 2.23. The molecule has 0 saturated heterocycles. The SMILES string of the molecule is CCCc1ccc(C(CC)CCN)cc1. The summed E-state index contributed by atoms with van der Waals surface area (Å²) in [5.74, 6) is 0.644. The Morgan fingerprint density at radius 3 is 2.27 bits per heavy atom. The maximum atomic E-state index is 5.62. The van der Waals surface area contributed by atoms with E-state index < -0.39 is 0 Å². The van der Waals surface area contributed by atoms with Crippen LogP contribution in [0.5, 0.6) is 0 Å². The number of aryl methyl sites for hydroxylation is 1. The van der Waals surface area contributed by atoms with Gasteiger partial charge in [-0.25, -0.2) is 0 Å². The van der Waals surface area contributed by atoms with Gasteiger partial charge in [0.2, 0.25) is 0 Å². The van der Waals surface area contributed by atoms with Crippen LogP contribution >= 0.6 is 0 Å². The van der Waals surface area contributed by atoms with Crippen LogP contribution in [-0.4, -0.2) is 6.54 Å². The summed E-state index contributed by atoms with van der Waals surface area (Å²) in [4.78, 5) is 0. The van der Waals surface area contributed by atoms with Gasteiger partial charge in [-0.2, -0.15) is 0 Å². The molecular weight excluding hydrogens is 182 g/mol. The Balaban J connectivity index is 2.68. The molecule has 0 heterocycles. The molecule has 1 heteroatoms. The molecule has 0 aliphatic rings. The topological polar surface area (TPSA) is 26.0 Å². The van der Waals surface area contributed by atoms with E-state index >= 15 is 0 Å². The second-order valence-corrected chi connectivity index (χ2v) is 4.17. The lowest BCUT2D eigenvalue weighted by atomic mass is 9.92. The van der Waals surface area contributed by atoms with E-state index in [1.807, 2.05) is 0 Å². The quantitative estimate of drug-likeness (QED) is 0.756. The van der Waals surface area contributed by atoms with Gasteiger partial charge in [-0.3, -0.25) is 0 Å². The van der Waals surface area contributed by atoms with Gasteiger partial charge >= 0.3 is 0 Å². The van der Waals surface area contributed by atoms with E-state index in [1.54, 1.807) is 0 Å². The van der Waals surface area contributed by atoms with Crippen molar-refractivity contribution in [2.45, 2.75) is 45.4 Å². The fourth-order valence-electron chi connectivity index (χ4n) is 2.05. The maximum absolute atomic E-state index is 5.62. The Hall–Kier alpha value is -0.820. The van der Waals surface area contributed by atoms with E-state index in [0.717, 1.165) is 13.0 Å². The average Bonchev–Trinajstić information content (AvgIpc) is 2.28. The molecule has 2 N–H and O–H groups in total. The van der Waals surface area contributed by atoms with Crippen LogP contribution in [-0.2, 0) is 6.42 Å². The van der Waals surface area contributed by atoms with Crippen molar-refractivity contribution in [3.05, 3.63) is 35.4 Å². The molecule has 0 spiro atoms. The maximum Gasteiger partial charge on any atom is -0.00714 e. The highest BCUT2D eigenvalue weighted by molar-refractivity contribution is 5.25. The Bertz CT molecular complexity index is 263. The summed E-state index contributed by atoms with van der Waals surface area (Å²) in [5, 5.41) is 0. The van der Waals surface area contributed by atoms with Crippen LogP contribution in [0.4, 0.5) is 0 Å². The summed E-state index contributed by atoms with van der Waals surface area (Å²) in [7, 11) is 0. The molecule has 0 aliphatic carbocycles. The minimum atomic E-state index is 0.644. The highest BCUT2D eigenvalue weighted by atomic mass is 14.5. The lowest BCUT2D eigenvalue weighted by Gasteiger charge is -2.14. The number of rotatable bonds is 6. The molecular formula is C14H23N. The monoisotopic (exact) mass is 205 g/mol. The van der Waals surface area contributed by atoms with Crippen LogP contribution < -0.4 is 5.73 Å². The van der Waals surface area contributed by atoms with Crippen molar-refractivity contribution in [1.82, 2.24) is 0 Å². The zero-order chi connectivity index (χ0) is 11.1. The molecule has 1 atom stereocenters. The third-order valence-electron chi connectivity index (χ3n) is 3.00. The van der Waals surface area contributed by atoms with Crippen molar-refractivity contribution in [2.75, 3.05) is 6.54 Å². The van der Waals surface area contributed by atoms with Crippen LogP contribution in [0.2, 0.25) is 0 Å². The number of hydrogen-bond acceptors (Lipinski definition) is 1. The van der Waals surface area contributed by atoms with Crippen LogP contribution in [0.15, 0.2) is 24.3 Å². The number of nitrogens with two attached hydrogens (primary N) is 1. The molecule has 0 aromatic heterocycles. The molecule has 0 bridgehead atoms. The fraction of sp³-hybridized carbons (Fsp3) is 0.571. The molecule has 1 unspecified atom stereocenters. The van der Waals surface area contributed by atoms with Crippen molar-refractivity contribution in [2.24, 2.45) is 5.73 Å². The molecule has 84 valence electrons. The molecule has 1 aromatic carbocycles. The largest absolute Gasteiger partial charge is 0.330 e. The van der Waals surface area contributed by atoms with E-state index in [2.05, 4.69) is 38.1 Å². The first-order valence-corrected chi connectivity index (χ1v) is 6.10. The van der Waals surface area contributed by atoms with Gasteiger partial charge in [0.15, 0.2) is 0 Å². The fourth-order valence-corrected chi connectivity index (χ4v) is 2.05. The summed E-state index contributed by atoms with van der Waals surface area (Å²) in [6, 6.07) is 9.07. The van der Waals surface area contributed by atoms with Crippen molar-refractivity contribution in [3.8, 4) is 0 Å². The summed E-state index contributed by atoms with van der Waals surface area (Å²) in [6.07, 6.45) is 4.70. The predicted octanol–water partition coefficient (Wildman–Crippen LogP) is 3.48. The first-order chi connectivity index (χ1) is 7.31. The molecule has 0 radical (unpaired) electrons. The Kier molecular flexibility index (Phi) is 5.41. The lowest BCUT2D eigenvalue weighted by Crippen LogP contribution is -2.06. The molecule has 0 fully saturated rings. The summed E-state index contributed by atoms with van der Waals surface area (Å²) >= 11 is 0. The van der Waals surface area contributed by atoms with Gasteiger partial charge in [-0.15, -0.1) is 0 Å². The first kappa shape index (κ1) is 12.3. The molecule has 1 rings (SSSR count). The zero-order valence-electron chi connectivity index (χ0n) is 10.00. The van der Waals surface area contributed by atoms with E-state index in [9.17, 15) is 0 Å². The van der Waals surface area contributed by atoms with Gasteiger partial charge in [-0.05, 0) is 42.9 Å². The average molecular weight is 205 g/mol. The molecule has 15 heavy (non-hydrogen) atoms. The predicted molar refractivity (Wildman–Crippen MR) is 67.1 cm³/mol.